The summed E-state index contributed by atoms with van der Waals surface area (Å²) in [6.07, 6.45) is -8.64. The predicted molar refractivity (Wildman–Crippen MR) is 114 cm³/mol. The molecule has 0 unspecified atom stereocenters. The van der Waals surface area contributed by atoms with Crippen LogP contribution in [0.3, 0.4) is 0 Å². The minimum atomic E-state index is -5.08. The number of aliphatic imine (C=N–C) groups is 1. The third-order valence-corrected chi connectivity index (χ3v) is 5.42. The largest absolute Gasteiger partial charge is 0.490 e. The molecule has 1 aromatic rings. The summed E-state index contributed by atoms with van der Waals surface area (Å²) in [7, 11) is 0. The summed E-state index contributed by atoms with van der Waals surface area (Å²) in [5, 5.41) is 16.7. The summed E-state index contributed by atoms with van der Waals surface area (Å²) in [4.78, 5) is 15.4. The molecule has 0 bridgehead atoms. The van der Waals surface area contributed by atoms with E-state index in [0.29, 0.717) is 17.0 Å². The number of thioether (sulfide) groups is 1. The van der Waals surface area contributed by atoms with E-state index in [9.17, 15) is 26.3 Å². The lowest BCUT2D eigenvalue weighted by Gasteiger charge is -2.29. The molecule has 0 radical (unpaired) electrons. The summed E-state index contributed by atoms with van der Waals surface area (Å²) >= 11 is 1.51. The Hall–Kier alpha value is -2.42. The Bertz CT molecular complexity index is 891. The molecule has 2 rings (SSSR count). The number of carboxylic acids is 1. The van der Waals surface area contributed by atoms with Crippen molar-refractivity contribution in [2.24, 2.45) is 16.8 Å². The van der Waals surface area contributed by atoms with Gasteiger partial charge in [0.25, 0.3) is 0 Å². The van der Waals surface area contributed by atoms with Crippen LogP contribution in [0.2, 0.25) is 0 Å². The lowest BCUT2D eigenvalue weighted by atomic mass is 10.0. The van der Waals surface area contributed by atoms with Gasteiger partial charge >= 0.3 is 18.3 Å². The number of amidine groups is 1. The highest BCUT2D eigenvalue weighted by Gasteiger charge is 2.38. The van der Waals surface area contributed by atoms with Gasteiger partial charge in [-0.05, 0) is 36.5 Å². The first-order valence-electron chi connectivity index (χ1n) is 9.95. The van der Waals surface area contributed by atoms with Gasteiger partial charge in [-0.15, -0.1) is 0 Å². The van der Waals surface area contributed by atoms with Crippen LogP contribution >= 0.6 is 11.8 Å². The standard InChI is InChI=1S/C19H24F3N3S.C2HF3O2/c1-12(2)7-15-11-26-18(25(15)10-13(3)4)24-17-6-5-14(9-23)8-16(17)19(20,21)22;3-2(4,5)1(6)7/h5-6,8,12-13,15H,7,10-11H2,1-4H3;(H,6,7)/t15-;/m0./s1. The topological polar surface area (TPSA) is 76.7 Å². The molecule has 0 aliphatic carbocycles. The van der Waals surface area contributed by atoms with Crippen molar-refractivity contribution in [3.05, 3.63) is 29.3 Å². The first-order chi connectivity index (χ1) is 15.1. The number of alkyl halides is 6. The summed E-state index contributed by atoms with van der Waals surface area (Å²) < 4.78 is 71.9. The molecule has 184 valence electrons. The highest BCUT2D eigenvalue weighted by molar-refractivity contribution is 8.14. The molecule has 1 aliphatic heterocycles. The lowest BCUT2D eigenvalue weighted by molar-refractivity contribution is -0.192. The van der Waals surface area contributed by atoms with Crippen LogP contribution in [0.25, 0.3) is 0 Å². The quantitative estimate of drug-likeness (QED) is 0.482. The van der Waals surface area contributed by atoms with E-state index in [0.717, 1.165) is 24.8 Å². The van der Waals surface area contributed by atoms with Crippen molar-refractivity contribution in [3.63, 3.8) is 0 Å². The van der Waals surface area contributed by atoms with E-state index >= 15 is 0 Å². The van der Waals surface area contributed by atoms with Crippen LogP contribution < -0.4 is 0 Å². The Kier molecular flexibility index (Phi) is 10.1. The SMILES string of the molecule is CC(C)C[C@H]1CSC(=Nc2ccc(C#N)cc2C(F)(F)F)N1CC(C)C.O=C(O)C(F)(F)F. The van der Waals surface area contributed by atoms with Gasteiger partial charge in [0.05, 0.1) is 22.9 Å². The second-order valence-corrected chi connectivity index (χ2v) is 9.17. The van der Waals surface area contributed by atoms with Crippen molar-refractivity contribution in [1.29, 1.82) is 5.26 Å². The van der Waals surface area contributed by atoms with Crippen LogP contribution in [-0.2, 0) is 11.0 Å². The molecule has 1 heterocycles. The van der Waals surface area contributed by atoms with Gasteiger partial charge < -0.3 is 10.0 Å². The first-order valence-corrected chi connectivity index (χ1v) is 10.9. The van der Waals surface area contributed by atoms with Gasteiger partial charge in [-0.25, -0.2) is 9.79 Å². The highest BCUT2D eigenvalue weighted by atomic mass is 32.2. The number of benzene rings is 1. The number of carbonyl (C=O) groups is 1. The molecule has 1 saturated heterocycles. The molecule has 12 heteroatoms. The summed E-state index contributed by atoms with van der Waals surface area (Å²) in [6, 6.07) is 5.59. The van der Waals surface area contributed by atoms with E-state index in [2.05, 4.69) is 37.6 Å². The molecule has 0 amide bonds. The first kappa shape index (κ1) is 28.6. The molecular formula is C21H25F6N3O2S. The van der Waals surface area contributed by atoms with Crippen LogP contribution in [0, 0.1) is 23.2 Å². The normalized spacial score (nSPS) is 17.8. The number of aliphatic carboxylic acids is 1. The third kappa shape index (κ3) is 9.15. The van der Waals surface area contributed by atoms with Crippen molar-refractivity contribution in [2.75, 3.05) is 12.3 Å². The Morgan fingerprint density at radius 3 is 2.21 bits per heavy atom. The molecular weight excluding hydrogens is 472 g/mol. The van der Waals surface area contributed by atoms with Gasteiger partial charge in [-0.2, -0.15) is 31.6 Å². The molecule has 0 spiro atoms. The number of carboxylic acid groups (broad SMARTS) is 1. The van der Waals surface area contributed by atoms with E-state index in [1.54, 1.807) is 6.07 Å². The summed E-state index contributed by atoms with van der Waals surface area (Å²) in [5.41, 5.74) is -1.00. The van der Waals surface area contributed by atoms with E-state index in [4.69, 9.17) is 15.2 Å². The van der Waals surface area contributed by atoms with Gasteiger partial charge in [-0.1, -0.05) is 39.5 Å². The summed E-state index contributed by atoms with van der Waals surface area (Å²) in [5.74, 6) is -1.03. The maximum atomic E-state index is 13.4. The Labute approximate surface area is 192 Å². The predicted octanol–water partition coefficient (Wildman–Crippen LogP) is 6.32. The molecule has 1 fully saturated rings. The zero-order chi connectivity index (χ0) is 25.6. The van der Waals surface area contributed by atoms with Crippen LogP contribution in [0.4, 0.5) is 32.0 Å². The smallest absolute Gasteiger partial charge is 0.475 e. The third-order valence-electron chi connectivity index (χ3n) is 4.29. The van der Waals surface area contributed by atoms with Crippen LogP contribution in [0.15, 0.2) is 23.2 Å². The molecule has 1 aromatic carbocycles. The number of hydrogen-bond acceptors (Lipinski definition) is 4. The van der Waals surface area contributed by atoms with E-state index < -0.39 is 23.9 Å². The fraction of sp³-hybridized carbons (Fsp3) is 0.571. The van der Waals surface area contributed by atoms with E-state index in [1.807, 2.05) is 0 Å². The maximum absolute atomic E-state index is 13.4. The van der Waals surface area contributed by atoms with E-state index in [-0.39, 0.29) is 17.3 Å². The second kappa shape index (κ2) is 11.6. The number of rotatable bonds is 5. The lowest BCUT2D eigenvalue weighted by Crippen LogP contribution is -2.37. The van der Waals surface area contributed by atoms with Crippen LogP contribution in [0.1, 0.15) is 45.2 Å². The van der Waals surface area contributed by atoms with Crippen LogP contribution in [0.5, 0.6) is 0 Å². The molecule has 1 atom stereocenters. The number of nitrogens with zero attached hydrogens (tertiary/aromatic N) is 3. The van der Waals surface area contributed by atoms with Crippen molar-refractivity contribution in [2.45, 2.75) is 52.5 Å². The second-order valence-electron chi connectivity index (χ2n) is 8.18. The van der Waals surface area contributed by atoms with Gasteiger partial charge in [-0.3, -0.25) is 0 Å². The van der Waals surface area contributed by atoms with Crippen molar-refractivity contribution < 1.29 is 36.2 Å². The monoisotopic (exact) mass is 497 g/mol. The van der Waals surface area contributed by atoms with E-state index in [1.165, 1.54) is 23.9 Å². The van der Waals surface area contributed by atoms with Gasteiger partial charge in [0.2, 0.25) is 0 Å². The van der Waals surface area contributed by atoms with Crippen molar-refractivity contribution >= 4 is 28.6 Å². The molecule has 0 aromatic heterocycles. The maximum Gasteiger partial charge on any atom is 0.490 e. The molecule has 1 aliphatic rings. The van der Waals surface area contributed by atoms with Crippen LogP contribution in [-0.4, -0.2) is 45.7 Å². The molecule has 0 saturated carbocycles. The zero-order valence-corrected chi connectivity index (χ0v) is 19.3. The molecule has 1 N–H and O–H groups in total. The Morgan fingerprint density at radius 2 is 1.79 bits per heavy atom. The minimum absolute atomic E-state index is 0.0166. The zero-order valence-electron chi connectivity index (χ0n) is 18.5. The van der Waals surface area contributed by atoms with Gasteiger partial charge in [0.1, 0.15) is 0 Å². The number of nitriles is 1. The minimum Gasteiger partial charge on any atom is -0.475 e. The summed E-state index contributed by atoms with van der Waals surface area (Å²) in [6.45, 7) is 9.25. The van der Waals surface area contributed by atoms with Crippen molar-refractivity contribution in [3.8, 4) is 6.07 Å². The van der Waals surface area contributed by atoms with Gasteiger partial charge in [0.15, 0.2) is 5.17 Å². The average molecular weight is 498 g/mol. The fourth-order valence-corrected chi connectivity index (χ4v) is 4.20. The van der Waals surface area contributed by atoms with Gasteiger partial charge in [0, 0.05) is 18.3 Å². The number of hydrogen-bond donors (Lipinski definition) is 1. The van der Waals surface area contributed by atoms with Crippen molar-refractivity contribution in [1.82, 2.24) is 4.90 Å². The molecule has 5 nitrogen and oxygen atoms in total. The molecule has 33 heavy (non-hydrogen) atoms. The highest BCUT2D eigenvalue weighted by Crippen LogP contribution is 2.39. The average Bonchev–Trinajstić information content (AvgIpc) is 3.01. The Balaban J connectivity index is 0.000000675. The number of halogens is 6. The Morgan fingerprint density at radius 1 is 1.21 bits per heavy atom. The fourth-order valence-electron chi connectivity index (χ4n) is 2.99.